The van der Waals surface area contributed by atoms with Crippen LogP contribution >= 0.6 is 15.9 Å². The van der Waals surface area contributed by atoms with Crippen molar-refractivity contribution in [3.05, 3.63) is 28.1 Å². The number of rotatable bonds is 6. The van der Waals surface area contributed by atoms with Crippen LogP contribution in [0.1, 0.15) is 45.2 Å². The number of piperidine rings is 1. The van der Waals surface area contributed by atoms with E-state index in [0.29, 0.717) is 36.3 Å². The number of benzene rings is 1. The van der Waals surface area contributed by atoms with Gasteiger partial charge in [-0.05, 0) is 51.8 Å². The van der Waals surface area contributed by atoms with Gasteiger partial charge < -0.3 is 14.4 Å². The van der Waals surface area contributed by atoms with Gasteiger partial charge in [-0.15, -0.1) is 0 Å². The molecule has 0 unspecified atom stereocenters. The van der Waals surface area contributed by atoms with E-state index in [2.05, 4.69) is 35.6 Å². The van der Waals surface area contributed by atoms with Crippen LogP contribution in [0.15, 0.2) is 16.6 Å². The zero-order valence-electron chi connectivity index (χ0n) is 20.0. The number of amides is 1. The summed E-state index contributed by atoms with van der Waals surface area (Å²) in [7, 11) is -1.18. The van der Waals surface area contributed by atoms with Crippen molar-refractivity contribution in [2.75, 3.05) is 19.7 Å². The third kappa shape index (κ3) is 6.54. The Kier molecular flexibility index (Phi) is 7.72. The molecule has 178 valence electrons. The second kappa shape index (κ2) is 9.81. The third-order valence-corrected chi connectivity index (χ3v) is 7.70. The number of carbonyl (C=O) groups is 1. The molecule has 0 radical (unpaired) electrons. The van der Waals surface area contributed by atoms with Gasteiger partial charge in [0.15, 0.2) is 0 Å². The highest BCUT2D eigenvalue weighted by molar-refractivity contribution is 9.10. The monoisotopic (exact) mass is 527 g/mol. The molecule has 2 aromatic rings. The summed E-state index contributed by atoms with van der Waals surface area (Å²) in [5.41, 5.74) is 0.964. The number of carbonyl (C=O) groups excluding carboxylic acids is 1. The Morgan fingerprint density at radius 3 is 2.50 bits per heavy atom. The molecule has 2 heterocycles. The first-order chi connectivity index (χ1) is 14.8. The smallest absolute Gasteiger partial charge is 0.410 e. The first-order valence-electron chi connectivity index (χ1n) is 11.3. The Morgan fingerprint density at radius 2 is 1.91 bits per heavy atom. The predicted octanol–water partition coefficient (Wildman–Crippen LogP) is 6.36. The molecule has 0 aliphatic carbocycles. The summed E-state index contributed by atoms with van der Waals surface area (Å²) in [4.78, 5) is 14.1. The molecule has 0 saturated carbocycles. The summed E-state index contributed by atoms with van der Waals surface area (Å²) in [6.45, 7) is 14.6. The lowest BCUT2D eigenvalue weighted by Gasteiger charge is -2.33. The maximum Gasteiger partial charge on any atom is 0.410 e. The van der Waals surface area contributed by atoms with E-state index in [-0.39, 0.29) is 17.8 Å². The molecule has 1 aliphatic rings. The summed E-state index contributed by atoms with van der Waals surface area (Å²) in [6.07, 6.45) is 1.14. The number of hydrogen-bond acceptors (Lipinski definition) is 4. The van der Waals surface area contributed by atoms with Crippen LogP contribution in [-0.2, 0) is 16.2 Å². The lowest BCUT2D eigenvalue weighted by atomic mass is 9.91. The second-order valence-corrected chi connectivity index (χ2v) is 17.3. The molecule has 0 N–H and O–H groups in total. The van der Waals surface area contributed by atoms with E-state index in [0.717, 1.165) is 30.1 Å². The molecule has 1 fully saturated rings. The maximum atomic E-state index is 15.0. The highest BCUT2D eigenvalue weighted by Gasteiger charge is 2.30. The lowest BCUT2D eigenvalue weighted by molar-refractivity contribution is 0.0204. The largest absolute Gasteiger partial charge is 0.444 e. The van der Waals surface area contributed by atoms with Gasteiger partial charge in [0.2, 0.25) is 0 Å². The lowest BCUT2D eigenvalue weighted by Crippen LogP contribution is -2.41. The molecule has 0 bridgehead atoms. The maximum absolute atomic E-state index is 15.0. The van der Waals surface area contributed by atoms with E-state index in [1.165, 1.54) is 6.07 Å². The second-order valence-electron chi connectivity index (χ2n) is 10.8. The fraction of sp³-hybridized carbons (Fsp3) is 0.652. The van der Waals surface area contributed by atoms with Gasteiger partial charge in [-0.1, -0.05) is 35.6 Å². The zero-order chi connectivity index (χ0) is 23.7. The Balaban J connectivity index is 1.76. The minimum absolute atomic E-state index is 0.0788. The molecule has 6 nitrogen and oxygen atoms in total. The summed E-state index contributed by atoms with van der Waals surface area (Å²) in [5.74, 6) is -0.206. The van der Waals surface area contributed by atoms with Crippen LogP contribution in [0.3, 0.4) is 0 Å². The van der Waals surface area contributed by atoms with Crippen molar-refractivity contribution in [2.45, 2.75) is 77.5 Å². The van der Waals surface area contributed by atoms with Gasteiger partial charge in [-0.3, -0.25) is 0 Å². The van der Waals surface area contributed by atoms with Crippen molar-refractivity contribution in [2.24, 2.45) is 0 Å². The molecule has 1 aromatic heterocycles. The topological polar surface area (TPSA) is 56.6 Å². The Morgan fingerprint density at radius 1 is 1.25 bits per heavy atom. The molecule has 1 saturated heterocycles. The van der Waals surface area contributed by atoms with Gasteiger partial charge in [0, 0.05) is 38.2 Å². The van der Waals surface area contributed by atoms with Crippen LogP contribution in [0, 0.1) is 5.82 Å². The summed E-state index contributed by atoms with van der Waals surface area (Å²) in [6, 6.07) is 4.45. The van der Waals surface area contributed by atoms with Gasteiger partial charge in [-0.2, -0.15) is 5.10 Å². The van der Waals surface area contributed by atoms with E-state index >= 15 is 4.39 Å². The molecule has 0 spiro atoms. The quantitative estimate of drug-likeness (QED) is 0.323. The number of fused-ring (bicyclic) bond motifs is 1. The Bertz CT molecular complexity index is 960. The van der Waals surface area contributed by atoms with E-state index in [1.807, 2.05) is 26.8 Å². The molecular formula is C23H35BrFN3O3Si. The summed E-state index contributed by atoms with van der Waals surface area (Å²) < 4.78 is 28.9. The van der Waals surface area contributed by atoms with Crippen LogP contribution < -0.4 is 0 Å². The minimum atomic E-state index is -1.18. The summed E-state index contributed by atoms with van der Waals surface area (Å²) >= 11 is 3.40. The molecule has 3 rings (SSSR count). The molecule has 1 aromatic carbocycles. The average Bonchev–Trinajstić information content (AvgIpc) is 3.02. The van der Waals surface area contributed by atoms with Gasteiger partial charge in [0.1, 0.15) is 18.1 Å². The molecular weight excluding hydrogens is 493 g/mol. The van der Waals surface area contributed by atoms with E-state index in [9.17, 15) is 4.79 Å². The van der Waals surface area contributed by atoms with Crippen LogP contribution in [0.4, 0.5) is 9.18 Å². The number of nitrogens with zero attached hydrogens (tertiary/aromatic N) is 3. The van der Waals surface area contributed by atoms with E-state index < -0.39 is 13.7 Å². The van der Waals surface area contributed by atoms with Crippen LogP contribution in [0.5, 0.6) is 0 Å². The molecule has 1 aliphatic heterocycles. The van der Waals surface area contributed by atoms with E-state index in [4.69, 9.17) is 14.6 Å². The number of aromatic nitrogens is 2. The van der Waals surface area contributed by atoms with Crippen LogP contribution in [-0.4, -0.2) is 54.1 Å². The van der Waals surface area contributed by atoms with Crippen LogP contribution in [0.2, 0.25) is 25.7 Å². The molecule has 32 heavy (non-hydrogen) atoms. The highest BCUT2D eigenvalue weighted by atomic mass is 79.9. The Hall–Kier alpha value is -1.45. The van der Waals surface area contributed by atoms with Crippen molar-refractivity contribution >= 4 is 41.0 Å². The van der Waals surface area contributed by atoms with Crippen molar-refractivity contribution < 1.29 is 18.7 Å². The molecule has 1 amide bonds. The zero-order valence-corrected chi connectivity index (χ0v) is 22.6. The fourth-order valence-corrected chi connectivity index (χ4v) is 5.00. The van der Waals surface area contributed by atoms with Gasteiger partial charge in [0.25, 0.3) is 0 Å². The normalized spacial score (nSPS) is 16.1. The van der Waals surface area contributed by atoms with Crippen molar-refractivity contribution in [3.8, 4) is 0 Å². The number of ether oxygens (including phenoxy) is 2. The first-order valence-corrected chi connectivity index (χ1v) is 15.8. The average molecular weight is 529 g/mol. The number of halogens is 2. The minimum Gasteiger partial charge on any atom is -0.444 e. The standard InChI is InChI=1S/C23H35BrFN3O3Si/c1-23(2,3)31-22(29)27-9-7-16(8-10-27)21-20-18(25)13-17(24)14-19(20)28(26-21)15-30-11-12-32(4,5)6/h13-14,16H,7-12,15H2,1-6H3. The summed E-state index contributed by atoms with van der Waals surface area (Å²) in [5, 5.41) is 5.34. The van der Waals surface area contributed by atoms with E-state index in [1.54, 1.807) is 9.58 Å². The first kappa shape index (κ1) is 25.2. The Labute approximate surface area is 199 Å². The third-order valence-electron chi connectivity index (χ3n) is 5.54. The highest BCUT2D eigenvalue weighted by Crippen LogP contribution is 2.35. The SMILES string of the molecule is CC(C)(C)OC(=O)N1CCC(c2nn(COCC[Si](C)(C)C)c3cc(Br)cc(F)c23)CC1. The van der Waals surface area contributed by atoms with Gasteiger partial charge in [-0.25, -0.2) is 13.9 Å². The molecule has 0 atom stereocenters. The van der Waals surface area contributed by atoms with Crippen molar-refractivity contribution in [1.29, 1.82) is 0 Å². The number of hydrogen-bond donors (Lipinski definition) is 0. The fourth-order valence-electron chi connectivity index (χ4n) is 3.83. The predicted molar refractivity (Wildman–Crippen MR) is 131 cm³/mol. The van der Waals surface area contributed by atoms with Gasteiger partial charge in [0.05, 0.1) is 16.6 Å². The number of likely N-dealkylation sites (tertiary alicyclic amines) is 1. The van der Waals surface area contributed by atoms with Crippen molar-refractivity contribution in [1.82, 2.24) is 14.7 Å². The van der Waals surface area contributed by atoms with Crippen molar-refractivity contribution in [3.63, 3.8) is 0 Å². The van der Waals surface area contributed by atoms with Gasteiger partial charge >= 0.3 is 6.09 Å². The van der Waals surface area contributed by atoms with Crippen LogP contribution in [0.25, 0.3) is 10.9 Å². The molecule has 9 heteroatoms.